The van der Waals surface area contributed by atoms with Crippen molar-refractivity contribution in [2.24, 2.45) is 5.92 Å². The molecule has 1 saturated heterocycles. The minimum absolute atomic E-state index is 0.111. The average Bonchev–Trinajstić information content (AvgIpc) is 2.74. The first-order valence-corrected chi connectivity index (χ1v) is 8.84. The molecular formula is C17H32N2O2. The molecule has 3 atom stereocenters. The maximum atomic E-state index is 12.3. The Morgan fingerprint density at radius 2 is 1.90 bits per heavy atom. The van der Waals surface area contributed by atoms with Gasteiger partial charge in [-0.15, -0.1) is 0 Å². The molecule has 2 aliphatic rings. The fourth-order valence-electron chi connectivity index (χ4n) is 3.60. The van der Waals surface area contributed by atoms with Crippen LogP contribution in [0.25, 0.3) is 0 Å². The number of nitrogens with zero attached hydrogens (tertiary/aromatic N) is 1. The van der Waals surface area contributed by atoms with Gasteiger partial charge in [0.15, 0.2) is 0 Å². The van der Waals surface area contributed by atoms with Gasteiger partial charge in [-0.3, -0.25) is 4.79 Å². The highest BCUT2D eigenvalue weighted by Gasteiger charge is 2.22. The van der Waals surface area contributed by atoms with Gasteiger partial charge in [0.2, 0.25) is 5.91 Å². The molecular weight excluding hydrogens is 264 g/mol. The molecule has 0 bridgehead atoms. The number of aliphatic hydroxyl groups excluding tert-OH is 1. The van der Waals surface area contributed by atoms with E-state index in [9.17, 15) is 9.90 Å². The van der Waals surface area contributed by atoms with Gasteiger partial charge >= 0.3 is 0 Å². The number of carbonyl (C=O) groups is 1. The van der Waals surface area contributed by atoms with Crippen molar-refractivity contribution in [3.63, 3.8) is 0 Å². The second-order valence-electron chi connectivity index (χ2n) is 6.99. The van der Waals surface area contributed by atoms with Crippen LogP contribution in [0.15, 0.2) is 0 Å². The Morgan fingerprint density at radius 3 is 2.57 bits per heavy atom. The lowest BCUT2D eigenvalue weighted by molar-refractivity contribution is -0.131. The molecule has 2 N–H and O–H groups in total. The second-order valence-corrected chi connectivity index (χ2v) is 6.99. The summed E-state index contributed by atoms with van der Waals surface area (Å²) in [7, 11) is 0. The quantitative estimate of drug-likeness (QED) is 0.818. The van der Waals surface area contributed by atoms with Gasteiger partial charge in [0, 0.05) is 25.6 Å². The third kappa shape index (κ3) is 5.95. The molecule has 1 aliphatic heterocycles. The Labute approximate surface area is 129 Å². The van der Waals surface area contributed by atoms with Crippen LogP contribution in [0.3, 0.4) is 0 Å². The maximum Gasteiger partial charge on any atom is 0.224 e. The molecule has 0 spiro atoms. The molecule has 3 unspecified atom stereocenters. The zero-order chi connectivity index (χ0) is 15.1. The summed E-state index contributed by atoms with van der Waals surface area (Å²) in [5.41, 5.74) is 0. The van der Waals surface area contributed by atoms with E-state index in [4.69, 9.17) is 0 Å². The summed E-state index contributed by atoms with van der Waals surface area (Å²) in [6, 6.07) is 0.236. The summed E-state index contributed by atoms with van der Waals surface area (Å²) in [4.78, 5) is 14.4. The summed E-state index contributed by atoms with van der Waals surface area (Å²) in [5.74, 6) is 0.880. The van der Waals surface area contributed by atoms with E-state index in [1.165, 1.54) is 19.3 Å². The third-order valence-corrected chi connectivity index (χ3v) is 4.95. The van der Waals surface area contributed by atoms with E-state index in [0.29, 0.717) is 18.2 Å². The lowest BCUT2D eigenvalue weighted by Gasteiger charge is -2.28. The highest BCUT2D eigenvalue weighted by Crippen LogP contribution is 2.23. The fourth-order valence-corrected chi connectivity index (χ4v) is 3.60. The van der Waals surface area contributed by atoms with Crippen molar-refractivity contribution in [1.82, 2.24) is 10.2 Å². The minimum Gasteiger partial charge on any atom is -0.393 e. The summed E-state index contributed by atoms with van der Waals surface area (Å²) >= 11 is 0. The first-order valence-electron chi connectivity index (χ1n) is 8.84. The van der Waals surface area contributed by atoms with Crippen LogP contribution in [0.4, 0.5) is 0 Å². The average molecular weight is 296 g/mol. The molecule has 2 rings (SSSR count). The van der Waals surface area contributed by atoms with Crippen LogP contribution in [0.1, 0.15) is 64.7 Å². The van der Waals surface area contributed by atoms with E-state index in [1.807, 2.05) is 0 Å². The molecule has 1 heterocycles. The van der Waals surface area contributed by atoms with Gasteiger partial charge in [-0.05, 0) is 51.5 Å². The summed E-state index contributed by atoms with van der Waals surface area (Å²) < 4.78 is 0. The third-order valence-electron chi connectivity index (χ3n) is 4.95. The smallest absolute Gasteiger partial charge is 0.224 e. The molecule has 122 valence electrons. The molecule has 0 aromatic carbocycles. The van der Waals surface area contributed by atoms with Gasteiger partial charge in [0.1, 0.15) is 0 Å². The number of likely N-dealkylation sites (tertiary alicyclic amines) is 1. The maximum absolute atomic E-state index is 12.3. The largest absolute Gasteiger partial charge is 0.393 e. The lowest BCUT2D eigenvalue weighted by atomic mass is 9.87. The fraction of sp³-hybridized carbons (Fsp3) is 0.941. The van der Waals surface area contributed by atoms with Crippen molar-refractivity contribution in [1.29, 1.82) is 0 Å². The van der Waals surface area contributed by atoms with E-state index in [0.717, 1.165) is 51.7 Å². The topological polar surface area (TPSA) is 52.6 Å². The molecule has 4 heteroatoms. The number of amides is 1. The second kappa shape index (κ2) is 8.74. The molecule has 1 saturated carbocycles. The van der Waals surface area contributed by atoms with Crippen molar-refractivity contribution in [2.75, 3.05) is 19.6 Å². The van der Waals surface area contributed by atoms with Crippen LogP contribution >= 0.6 is 0 Å². The Hall–Kier alpha value is -0.610. The Kier molecular flexibility index (Phi) is 6.97. The molecule has 4 nitrogen and oxygen atoms in total. The predicted molar refractivity (Wildman–Crippen MR) is 85.1 cm³/mol. The van der Waals surface area contributed by atoms with Crippen LogP contribution in [0.2, 0.25) is 0 Å². The molecule has 0 radical (unpaired) electrons. The van der Waals surface area contributed by atoms with E-state index in [-0.39, 0.29) is 12.1 Å². The number of aliphatic hydroxyl groups is 1. The standard InChI is InChI=1S/C17H32N2O2/c1-14(18-13-15-7-6-8-16(20)12-15)11-17(21)19-9-4-2-3-5-10-19/h14-16,18,20H,2-13H2,1H3. The van der Waals surface area contributed by atoms with Crippen LogP contribution < -0.4 is 5.32 Å². The summed E-state index contributed by atoms with van der Waals surface area (Å²) in [6.07, 6.45) is 9.56. The number of hydrogen-bond donors (Lipinski definition) is 2. The van der Waals surface area contributed by atoms with E-state index < -0.39 is 0 Å². The predicted octanol–water partition coefficient (Wildman–Crippen LogP) is 2.31. The van der Waals surface area contributed by atoms with Gasteiger partial charge in [-0.1, -0.05) is 19.3 Å². The summed E-state index contributed by atoms with van der Waals surface area (Å²) in [6.45, 7) is 4.93. The number of carbonyl (C=O) groups excluding carboxylic acids is 1. The zero-order valence-corrected chi connectivity index (χ0v) is 13.5. The zero-order valence-electron chi connectivity index (χ0n) is 13.5. The van der Waals surface area contributed by atoms with E-state index in [2.05, 4.69) is 17.1 Å². The monoisotopic (exact) mass is 296 g/mol. The van der Waals surface area contributed by atoms with Gasteiger partial charge < -0.3 is 15.3 Å². The van der Waals surface area contributed by atoms with Crippen molar-refractivity contribution < 1.29 is 9.90 Å². The molecule has 0 aromatic heterocycles. The lowest BCUT2D eigenvalue weighted by Crippen LogP contribution is -2.39. The molecule has 1 aliphatic carbocycles. The SMILES string of the molecule is CC(CC(=O)N1CCCCCC1)NCC1CCCC(O)C1. The van der Waals surface area contributed by atoms with Gasteiger partial charge in [-0.2, -0.15) is 0 Å². The van der Waals surface area contributed by atoms with Gasteiger partial charge in [-0.25, -0.2) is 0 Å². The minimum atomic E-state index is -0.111. The van der Waals surface area contributed by atoms with Crippen LogP contribution in [0.5, 0.6) is 0 Å². The van der Waals surface area contributed by atoms with Gasteiger partial charge in [0.25, 0.3) is 0 Å². The number of rotatable bonds is 5. The Morgan fingerprint density at radius 1 is 1.19 bits per heavy atom. The number of hydrogen-bond acceptors (Lipinski definition) is 3. The number of nitrogens with one attached hydrogen (secondary N) is 1. The van der Waals surface area contributed by atoms with Crippen LogP contribution in [-0.4, -0.2) is 47.7 Å². The van der Waals surface area contributed by atoms with Crippen molar-refractivity contribution in [2.45, 2.75) is 76.9 Å². The Balaban J connectivity index is 1.65. The molecule has 1 amide bonds. The first-order chi connectivity index (χ1) is 10.1. The molecule has 2 fully saturated rings. The van der Waals surface area contributed by atoms with Crippen molar-refractivity contribution in [3.8, 4) is 0 Å². The normalized spacial score (nSPS) is 29.0. The Bertz CT molecular complexity index is 314. The van der Waals surface area contributed by atoms with Crippen LogP contribution in [0, 0.1) is 5.92 Å². The first kappa shape index (κ1) is 16.8. The molecule has 0 aromatic rings. The van der Waals surface area contributed by atoms with E-state index in [1.54, 1.807) is 0 Å². The summed E-state index contributed by atoms with van der Waals surface area (Å²) in [5, 5.41) is 13.2. The highest BCUT2D eigenvalue weighted by molar-refractivity contribution is 5.76. The van der Waals surface area contributed by atoms with Crippen LogP contribution in [-0.2, 0) is 4.79 Å². The van der Waals surface area contributed by atoms with Gasteiger partial charge in [0.05, 0.1) is 6.10 Å². The molecule has 21 heavy (non-hydrogen) atoms. The highest BCUT2D eigenvalue weighted by atomic mass is 16.3. The van der Waals surface area contributed by atoms with Crippen molar-refractivity contribution >= 4 is 5.91 Å². The van der Waals surface area contributed by atoms with E-state index >= 15 is 0 Å². The van der Waals surface area contributed by atoms with Crippen molar-refractivity contribution in [3.05, 3.63) is 0 Å².